The molecule has 0 heterocycles. The van der Waals surface area contributed by atoms with Crippen LogP contribution in [0.1, 0.15) is 6.92 Å². The summed E-state index contributed by atoms with van der Waals surface area (Å²) in [6.07, 6.45) is 0. The standard InChI is InChI=1S/C6H14N2OS2.2ClH/c1-6(9)8-3-5-11-10-4-2-7;;/h2-5,7H2,1H3,(H,8,9);2*1H. The summed E-state index contributed by atoms with van der Waals surface area (Å²) in [6.45, 7) is 2.99. The largest absolute Gasteiger partial charge is 0.355 e. The van der Waals surface area contributed by atoms with Crippen LogP contribution in [-0.4, -0.2) is 30.5 Å². The number of carbonyl (C=O) groups excluding carboxylic acids is 1. The minimum absolute atomic E-state index is 0. The molecule has 0 atom stereocenters. The summed E-state index contributed by atoms with van der Waals surface area (Å²) in [7, 11) is 3.49. The second-order valence-corrected chi connectivity index (χ2v) is 4.62. The SMILES string of the molecule is CC(=O)NCCSSCCN.Cl.Cl. The molecule has 0 aromatic rings. The Balaban J connectivity index is -0.000000500. The lowest BCUT2D eigenvalue weighted by molar-refractivity contribution is -0.118. The second kappa shape index (κ2) is 15.2. The van der Waals surface area contributed by atoms with Gasteiger partial charge in [-0.2, -0.15) is 0 Å². The number of amides is 1. The molecule has 0 saturated carbocycles. The van der Waals surface area contributed by atoms with Crippen LogP contribution < -0.4 is 11.1 Å². The highest BCUT2D eigenvalue weighted by Crippen LogP contribution is 2.18. The first-order valence-corrected chi connectivity index (χ1v) is 5.95. The zero-order valence-electron chi connectivity index (χ0n) is 7.45. The third kappa shape index (κ3) is 19.2. The van der Waals surface area contributed by atoms with Gasteiger partial charge in [-0.05, 0) is 0 Å². The van der Waals surface area contributed by atoms with Gasteiger partial charge in [-0.1, -0.05) is 21.6 Å². The molecule has 3 nitrogen and oxygen atoms in total. The van der Waals surface area contributed by atoms with Crippen molar-refractivity contribution in [1.82, 2.24) is 5.32 Å². The van der Waals surface area contributed by atoms with Gasteiger partial charge in [-0.15, -0.1) is 24.8 Å². The molecule has 0 aromatic carbocycles. The van der Waals surface area contributed by atoms with Crippen molar-refractivity contribution in [3.8, 4) is 0 Å². The second-order valence-electron chi connectivity index (χ2n) is 1.92. The Labute approximate surface area is 99.6 Å². The van der Waals surface area contributed by atoms with E-state index in [4.69, 9.17) is 5.73 Å². The summed E-state index contributed by atoms with van der Waals surface area (Å²) >= 11 is 0. The van der Waals surface area contributed by atoms with Gasteiger partial charge in [-0.3, -0.25) is 4.79 Å². The van der Waals surface area contributed by atoms with Crippen molar-refractivity contribution in [2.75, 3.05) is 24.6 Å². The van der Waals surface area contributed by atoms with Gasteiger partial charge in [0.2, 0.25) is 5.91 Å². The number of halogens is 2. The molecule has 0 aliphatic carbocycles. The quantitative estimate of drug-likeness (QED) is 0.562. The third-order valence-electron chi connectivity index (χ3n) is 0.844. The number of nitrogens with two attached hydrogens (primary N) is 1. The van der Waals surface area contributed by atoms with Crippen LogP contribution in [0, 0.1) is 0 Å². The van der Waals surface area contributed by atoms with E-state index in [-0.39, 0.29) is 30.7 Å². The van der Waals surface area contributed by atoms with E-state index in [9.17, 15) is 4.79 Å². The minimum atomic E-state index is 0. The van der Waals surface area contributed by atoms with Gasteiger partial charge in [-0.25, -0.2) is 0 Å². The molecule has 0 bridgehead atoms. The highest BCUT2D eigenvalue weighted by atomic mass is 35.5. The molecule has 1 amide bonds. The summed E-state index contributed by atoms with van der Waals surface area (Å²) in [5.41, 5.74) is 5.29. The van der Waals surface area contributed by atoms with E-state index in [1.165, 1.54) is 6.92 Å². The van der Waals surface area contributed by atoms with Crippen LogP contribution in [0.25, 0.3) is 0 Å². The molecule has 0 saturated heterocycles. The van der Waals surface area contributed by atoms with E-state index in [1.54, 1.807) is 21.6 Å². The van der Waals surface area contributed by atoms with Crippen molar-refractivity contribution in [1.29, 1.82) is 0 Å². The third-order valence-corrected chi connectivity index (χ3v) is 3.28. The Morgan fingerprint density at radius 3 is 2.31 bits per heavy atom. The predicted octanol–water partition coefficient (Wildman–Crippen LogP) is 1.31. The van der Waals surface area contributed by atoms with Crippen LogP contribution in [0.5, 0.6) is 0 Å². The lowest BCUT2D eigenvalue weighted by Gasteiger charge is -2.00. The van der Waals surface area contributed by atoms with Gasteiger partial charge >= 0.3 is 0 Å². The topological polar surface area (TPSA) is 55.1 Å². The van der Waals surface area contributed by atoms with Crippen LogP contribution >= 0.6 is 46.4 Å². The molecule has 13 heavy (non-hydrogen) atoms. The highest BCUT2D eigenvalue weighted by molar-refractivity contribution is 8.76. The molecule has 0 aliphatic heterocycles. The van der Waals surface area contributed by atoms with Crippen molar-refractivity contribution in [3.05, 3.63) is 0 Å². The van der Waals surface area contributed by atoms with Gasteiger partial charge < -0.3 is 11.1 Å². The fourth-order valence-electron chi connectivity index (χ4n) is 0.435. The van der Waals surface area contributed by atoms with Crippen LogP contribution in [0.3, 0.4) is 0 Å². The lowest BCUT2D eigenvalue weighted by atomic mass is 10.6. The first-order valence-electron chi connectivity index (χ1n) is 3.46. The number of hydrogen-bond acceptors (Lipinski definition) is 4. The Morgan fingerprint density at radius 1 is 1.31 bits per heavy atom. The van der Waals surface area contributed by atoms with Gasteiger partial charge in [0.1, 0.15) is 0 Å². The molecule has 0 aliphatic rings. The fraction of sp³-hybridized carbons (Fsp3) is 0.833. The molecule has 0 spiro atoms. The molecular weight excluding hydrogens is 251 g/mol. The highest BCUT2D eigenvalue weighted by Gasteiger charge is 1.90. The van der Waals surface area contributed by atoms with Crippen LogP contribution in [0.15, 0.2) is 0 Å². The Morgan fingerprint density at radius 2 is 1.85 bits per heavy atom. The molecule has 3 N–H and O–H groups in total. The molecule has 82 valence electrons. The van der Waals surface area contributed by atoms with E-state index in [0.29, 0.717) is 0 Å². The van der Waals surface area contributed by atoms with Gasteiger partial charge in [0.15, 0.2) is 0 Å². The maximum absolute atomic E-state index is 10.4. The first-order chi connectivity index (χ1) is 5.27. The van der Waals surface area contributed by atoms with Crippen molar-refractivity contribution < 1.29 is 4.79 Å². The fourth-order valence-corrected chi connectivity index (χ4v) is 2.20. The molecule has 0 aromatic heterocycles. The van der Waals surface area contributed by atoms with Gasteiger partial charge in [0.25, 0.3) is 0 Å². The number of nitrogens with one attached hydrogen (secondary N) is 1. The normalized spacial score (nSPS) is 8.15. The lowest BCUT2D eigenvalue weighted by Crippen LogP contribution is -2.22. The number of rotatable bonds is 6. The summed E-state index contributed by atoms with van der Waals surface area (Å²) in [6, 6.07) is 0. The maximum Gasteiger partial charge on any atom is 0.216 e. The Hall–Kier alpha value is 0.710. The summed E-state index contributed by atoms with van der Waals surface area (Å²) in [5, 5.41) is 2.72. The van der Waals surface area contributed by atoms with Crippen LogP contribution in [0.2, 0.25) is 0 Å². The zero-order chi connectivity index (χ0) is 8.53. The molecule has 0 unspecified atom stereocenters. The molecule has 0 rings (SSSR count). The van der Waals surface area contributed by atoms with Crippen molar-refractivity contribution >= 4 is 52.3 Å². The molecular formula is C6H16Cl2N2OS2. The molecule has 0 fully saturated rings. The predicted molar refractivity (Wildman–Crippen MR) is 67.2 cm³/mol. The summed E-state index contributed by atoms with van der Waals surface area (Å²) in [5.74, 6) is 1.96. The van der Waals surface area contributed by atoms with E-state index in [0.717, 1.165) is 24.6 Å². The molecule has 7 heteroatoms. The van der Waals surface area contributed by atoms with Crippen molar-refractivity contribution in [2.45, 2.75) is 6.92 Å². The average molecular weight is 267 g/mol. The zero-order valence-corrected chi connectivity index (χ0v) is 10.7. The average Bonchev–Trinajstić information content (AvgIpc) is 1.96. The summed E-state index contributed by atoms with van der Waals surface area (Å²) < 4.78 is 0. The minimum Gasteiger partial charge on any atom is -0.355 e. The number of hydrogen-bond donors (Lipinski definition) is 2. The Bertz CT molecular complexity index is 119. The van der Waals surface area contributed by atoms with Crippen LogP contribution in [0.4, 0.5) is 0 Å². The van der Waals surface area contributed by atoms with E-state index >= 15 is 0 Å². The number of carbonyl (C=O) groups is 1. The monoisotopic (exact) mass is 266 g/mol. The van der Waals surface area contributed by atoms with E-state index in [1.807, 2.05) is 0 Å². The van der Waals surface area contributed by atoms with Crippen molar-refractivity contribution in [2.24, 2.45) is 5.73 Å². The smallest absolute Gasteiger partial charge is 0.216 e. The van der Waals surface area contributed by atoms with E-state index < -0.39 is 0 Å². The first kappa shape index (κ1) is 19.3. The van der Waals surface area contributed by atoms with Gasteiger partial charge in [0.05, 0.1) is 0 Å². The Kier molecular flexibility index (Phi) is 22.6. The molecule has 0 radical (unpaired) electrons. The van der Waals surface area contributed by atoms with Crippen LogP contribution in [-0.2, 0) is 4.79 Å². The van der Waals surface area contributed by atoms with E-state index in [2.05, 4.69) is 5.32 Å². The van der Waals surface area contributed by atoms with Crippen molar-refractivity contribution in [3.63, 3.8) is 0 Å². The maximum atomic E-state index is 10.4. The van der Waals surface area contributed by atoms with Gasteiger partial charge in [0, 0.05) is 31.5 Å². The summed E-state index contributed by atoms with van der Waals surface area (Å²) in [4.78, 5) is 10.4.